The number of rotatable bonds is 13. The number of hydrogen-bond acceptors (Lipinski definition) is 10. The first-order chi connectivity index (χ1) is 24.0. The number of ether oxygens (including phenoxy) is 1. The third-order valence-corrected chi connectivity index (χ3v) is 11.0. The minimum absolute atomic E-state index is 0.0701. The van der Waals surface area contributed by atoms with E-state index in [-0.39, 0.29) is 11.2 Å². The van der Waals surface area contributed by atoms with E-state index < -0.39 is 33.6 Å². The molecule has 2 aliphatic rings. The maximum atomic E-state index is 13.5. The van der Waals surface area contributed by atoms with Crippen LogP contribution in [0.3, 0.4) is 0 Å². The Labute approximate surface area is 290 Å². The van der Waals surface area contributed by atoms with Gasteiger partial charge >= 0.3 is 6.09 Å². The average molecular weight is 704 g/mol. The van der Waals surface area contributed by atoms with Gasteiger partial charge in [-0.3, -0.25) is 19.9 Å². The van der Waals surface area contributed by atoms with E-state index in [0.717, 1.165) is 12.0 Å². The van der Waals surface area contributed by atoms with Crippen molar-refractivity contribution in [2.75, 3.05) is 30.5 Å². The summed E-state index contributed by atoms with van der Waals surface area (Å²) < 4.78 is 32.4. The van der Waals surface area contributed by atoms with Gasteiger partial charge in [0.15, 0.2) is 0 Å². The van der Waals surface area contributed by atoms with Gasteiger partial charge in [0.25, 0.3) is 5.56 Å². The maximum Gasteiger partial charge on any atom is 0.411 e. The van der Waals surface area contributed by atoms with E-state index in [2.05, 4.69) is 42.5 Å². The predicted molar refractivity (Wildman–Crippen MR) is 193 cm³/mol. The monoisotopic (exact) mass is 703 g/mol. The van der Waals surface area contributed by atoms with Gasteiger partial charge in [-0.05, 0) is 86.9 Å². The lowest BCUT2D eigenvalue weighted by molar-refractivity contribution is -0.117. The molecular weight excluding hydrogens is 662 g/mol. The van der Waals surface area contributed by atoms with Crippen LogP contribution in [0.5, 0.6) is 0 Å². The first kappa shape index (κ1) is 36.1. The third kappa shape index (κ3) is 9.07. The summed E-state index contributed by atoms with van der Waals surface area (Å²) in [6.07, 6.45) is 6.89. The number of amides is 2. The highest BCUT2D eigenvalue weighted by Crippen LogP contribution is 2.35. The molecule has 1 unspecified atom stereocenters. The standard InChI is InChI=1S/C34H41N9O6S/c1-22-6-14-31(43(35)21-37-36-2)25(17-22)9-15-32(44)39-29(18-23-5-4-16-42(20-23)50(47,48)27-12-13-27)30-19-28(33(45)41-40-30)24-7-10-26(11-8-24)38-34(46)49-3/h6-11,14-15,17,19,21,23,27,29H,2,4-5,12-13,16,18,20,35H2,1,3H3,(H,38,46)(H,39,44)(H,41,45)/b15-9+,37-21-/t23?,29-/m0/s1. The number of nitrogens with two attached hydrogens (primary N) is 1. The van der Waals surface area contributed by atoms with E-state index in [9.17, 15) is 22.8 Å². The third-order valence-electron chi connectivity index (χ3n) is 8.61. The number of H-pyrrole nitrogens is 1. The van der Waals surface area contributed by atoms with Gasteiger partial charge in [-0.2, -0.15) is 10.2 Å². The number of nitrogens with one attached hydrogen (secondary N) is 3. The summed E-state index contributed by atoms with van der Waals surface area (Å²) in [6, 6.07) is 13.1. The van der Waals surface area contributed by atoms with Crippen LogP contribution in [0.4, 0.5) is 16.2 Å². The molecule has 0 bridgehead atoms. The molecule has 2 aromatic carbocycles. The van der Waals surface area contributed by atoms with Crippen LogP contribution in [0.2, 0.25) is 0 Å². The van der Waals surface area contributed by atoms with Gasteiger partial charge in [0, 0.05) is 37.1 Å². The van der Waals surface area contributed by atoms with E-state index in [4.69, 9.17) is 5.84 Å². The van der Waals surface area contributed by atoms with Crippen LogP contribution in [-0.2, 0) is 19.6 Å². The summed E-state index contributed by atoms with van der Waals surface area (Å²) in [5, 5.41) is 20.6. The Balaban J connectivity index is 1.43. The molecule has 0 radical (unpaired) electrons. The Morgan fingerprint density at radius 2 is 1.96 bits per heavy atom. The van der Waals surface area contributed by atoms with Crippen molar-refractivity contribution in [2.45, 2.75) is 50.3 Å². The van der Waals surface area contributed by atoms with Crippen LogP contribution in [0, 0.1) is 12.8 Å². The lowest BCUT2D eigenvalue weighted by atomic mass is 9.90. The number of nitrogens with zero attached hydrogens (tertiary/aromatic N) is 5. The van der Waals surface area contributed by atoms with Crippen molar-refractivity contribution < 1.29 is 22.7 Å². The summed E-state index contributed by atoms with van der Waals surface area (Å²) in [5.41, 5.74) is 3.46. The Morgan fingerprint density at radius 3 is 2.66 bits per heavy atom. The Morgan fingerprint density at radius 1 is 1.20 bits per heavy atom. The minimum atomic E-state index is -3.36. The summed E-state index contributed by atoms with van der Waals surface area (Å²) in [7, 11) is -2.10. The van der Waals surface area contributed by atoms with Gasteiger partial charge in [0.05, 0.1) is 35.3 Å². The number of carbonyl (C=O) groups excluding carboxylic acids is 2. The minimum Gasteiger partial charge on any atom is -0.453 e. The molecule has 1 aromatic heterocycles. The smallest absolute Gasteiger partial charge is 0.411 e. The number of carbonyl (C=O) groups is 2. The number of methoxy groups -OCH3 is 1. The Bertz CT molecular complexity index is 1940. The first-order valence-electron chi connectivity index (χ1n) is 16.1. The number of sulfonamides is 1. The number of aromatic amines is 1. The van der Waals surface area contributed by atoms with Gasteiger partial charge in [-0.25, -0.2) is 28.5 Å². The molecule has 1 saturated heterocycles. The van der Waals surface area contributed by atoms with Crippen LogP contribution >= 0.6 is 0 Å². The summed E-state index contributed by atoms with van der Waals surface area (Å²) >= 11 is 0. The van der Waals surface area contributed by atoms with Crippen molar-refractivity contribution in [1.29, 1.82) is 0 Å². The van der Waals surface area contributed by atoms with Gasteiger partial charge in [0.1, 0.15) is 6.34 Å². The molecule has 50 heavy (non-hydrogen) atoms. The molecular formula is C34H41N9O6S. The zero-order chi connectivity index (χ0) is 35.8. The molecule has 1 saturated carbocycles. The second kappa shape index (κ2) is 16.0. The molecule has 3 aromatic rings. The number of hydrogen-bond donors (Lipinski definition) is 4. The number of aryl methyl sites for hydroxylation is 1. The number of piperidine rings is 1. The molecule has 2 heterocycles. The van der Waals surface area contributed by atoms with E-state index >= 15 is 0 Å². The van der Waals surface area contributed by atoms with E-state index in [1.165, 1.54) is 24.5 Å². The van der Waals surface area contributed by atoms with Crippen LogP contribution in [0.1, 0.15) is 55.0 Å². The lowest BCUT2D eigenvalue weighted by Gasteiger charge is -2.33. The molecule has 264 valence electrons. The van der Waals surface area contributed by atoms with E-state index in [1.54, 1.807) is 46.8 Å². The normalized spacial score (nSPS) is 17.4. The van der Waals surface area contributed by atoms with Gasteiger partial charge < -0.3 is 10.1 Å². The number of anilines is 2. The van der Waals surface area contributed by atoms with Crippen molar-refractivity contribution in [3.05, 3.63) is 81.8 Å². The van der Waals surface area contributed by atoms with Crippen LogP contribution in [-0.4, -0.2) is 73.4 Å². The molecule has 0 spiro atoms. The summed E-state index contributed by atoms with van der Waals surface area (Å²) in [6.45, 7) is 6.04. The SMILES string of the molecule is C=N/N=C\N(N)c1ccc(C)cc1/C=C/C(=O)N[C@@H](CC1CCCN(S(=O)(=O)C2CC2)C1)c1cc(-c2ccc(NC(=O)OC)cc2)c(=O)[nH]n1. The summed E-state index contributed by atoms with van der Waals surface area (Å²) in [5.74, 6) is 5.63. The first-order valence-corrected chi connectivity index (χ1v) is 17.6. The number of hydrazine groups is 1. The maximum absolute atomic E-state index is 13.5. The Kier molecular flexibility index (Phi) is 11.6. The van der Waals surface area contributed by atoms with Gasteiger partial charge in [-0.15, -0.1) is 5.10 Å². The van der Waals surface area contributed by atoms with Crippen molar-refractivity contribution >= 4 is 52.5 Å². The quantitative estimate of drug-likeness (QED) is 0.0672. The predicted octanol–water partition coefficient (Wildman–Crippen LogP) is 3.71. The summed E-state index contributed by atoms with van der Waals surface area (Å²) in [4.78, 5) is 38.1. The average Bonchev–Trinajstić information content (AvgIpc) is 3.97. The lowest BCUT2D eigenvalue weighted by Crippen LogP contribution is -2.42. The molecule has 15 nitrogen and oxygen atoms in total. The number of benzene rings is 2. The van der Waals surface area contributed by atoms with Crippen molar-refractivity contribution in [3.8, 4) is 11.1 Å². The molecule has 2 atom stereocenters. The Hall–Kier alpha value is -5.19. The second-order valence-corrected chi connectivity index (χ2v) is 14.5. The number of aromatic nitrogens is 2. The fraction of sp³-hybridized carbons (Fsp3) is 0.353. The van der Waals surface area contributed by atoms with E-state index in [1.807, 2.05) is 19.1 Å². The van der Waals surface area contributed by atoms with Crippen molar-refractivity contribution in [1.82, 2.24) is 19.8 Å². The molecule has 5 N–H and O–H groups in total. The molecule has 2 amide bonds. The molecule has 16 heteroatoms. The van der Waals surface area contributed by atoms with Crippen molar-refractivity contribution in [2.24, 2.45) is 22.0 Å². The van der Waals surface area contributed by atoms with Gasteiger partial charge in [0.2, 0.25) is 15.9 Å². The fourth-order valence-corrected chi connectivity index (χ4v) is 7.87. The zero-order valence-corrected chi connectivity index (χ0v) is 28.7. The van der Waals surface area contributed by atoms with Crippen LogP contribution in [0.25, 0.3) is 17.2 Å². The second-order valence-electron chi connectivity index (χ2n) is 12.3. The fourth-order valence-electron chi connectivity index (χ4n) is 5.91. The van der Waals surface area contributed by atoms with Gasteiger partial charge in [-0.1, -0.05) is 23.8 Å². The van der Waals surface area contributed by atoms with E-state index in [0.29, 0.717) is 72.5 Å². The largest absolute Gasteiger partial charge is 0.453 e. The van der Waals surface area contributed by atoms with Crippen LogP contribution < -0.4 is 27.0 Å². The topological polar surface area (TPSA) is 205 Å². The molecule has 5 rings (SSSR count). The highest BCUT2D eigenvalue weighted by atomic mass is 32.2. The highest BCUT2D eigenvalue weighted by Gasteiger charge is 2.42. The molecule has 1 aliphatic carbocycles. The zero-order valence-electron chi connectivity index (χ0n) is 27.9. The molecule has 2 fully saturated rings. The highest BCUT2D eigenvalue weighted by molar-refractivity contribution is 7.90. The van der Waals surface area contributed by atoms with Crippen LogP contribution in [0.15, 0.2) is 69.6 Å². The van der Waals surface area contributed by atoms with Crippen molar-refractivity contribution in [3.63, 3.8) is 0 Å². The molecule has 1 aliphatic heterocycles.